The second-order valence-corrected chi connectivity index (χ2v) is 4.93. The van der Waals surface area contributed by atoms with Crippen LogP contribution in [-0.2, 0) is 12.8 Å². The molecule has 96 valence electrons. The summed E-state index contributed by atoms with van der Waals surface area (Å²) >= 11 is 3.42. The maximum Gasteiger partial charge on any atom is 0.173 e. The van der Waals surface area contributed by atoms with Gasteiger partial charge in [0.25, 0.3) is 0 Å². The highest BCUT2D eigenvalue weighted by molar-refractivity contribution is 9.10. The van der Waals surface area contributed by atoms with Crippen LogP contribution in [0.1, 0.15) is 29.8 Å². The van der Waals surface area contributed by atoms with Gasteiger partial charge in [-0.1, -0.05) is 13.0 Å². The molecule has 2 heterocycles. The number of aryl methyl sites for hydroxylation is 1. The quantitative estimate of drug-likeness (QED) is 0.918. The van der Waals surface area contributed by atoms with E-state index in [1.165, 1.54) is 5.56 Å². The summed E-state index contributed by atoms with van der Waals surface area (Å²) in [6.45, 7) is 2.13. The SMILES string of the molecule is CCc1ccc(CC(NC)c2ccoc2Br)nc1. The normalized spacial score (nSPS) is 12.6. The van der Waals surface area contributed by atoms with Crippen molar-refractivity contribution in [1.82, 2.24) is 10.3 Å². The molecule has 0 bridgehead atoms. The molecule has 0 aliphatic carbocycles. The van der Waals surface area contributed by atoms with E-state index in [2.05, 4.69) is 45.3 Å². The van der Waals surface area contributed by atoms with E-state index in [4.69, 9.17) is 4.42 Å². The molecule has 0 aliphatic rings. The number of hydrogen-bond donors (Lipinski definition) is 1. The van der Waals surface area contributed by atoms with Gasteiger partial charge in [0.15, 0.2) is 4.67 Å². The Hall–Kier alpha value is -1.13. The van der Waals surface area contributed by atoms with Gasteiger partial charge in [-0.05, 0) is 47.1 Å². The van der Waals surface area contributed by atoms with E-state index >= 15 is 0 Å². The standard InChI is InChI=1S/C14H17BrN2O/c1-3-10-4-5-11(17-9-10)8-13(16-2)12-6-7-18-14(12)15/h4-7,9,13,16H,3,8H2,1-2H3. The Bertz CT molecular complexity index is 493. The molecule has 0 aliphatic heterocycles. The first-order chi connectivity index (χ1) is 8.74. The van der Waals surface area contributed by atoms with Crippen LogP contribution in [0.4, 0.5) is 0 Å². The minimum Gasteiger partial charge on any atom is -0.457 e. The van der Waals surface area contributed by atoms with Gasteiger partial charge >= 0.3 is 0 Å². The summed E-state index contributed by atoms with van der Waals surface area (Å²) in [5.74, 6) is 0. The average molecular weight is 309 g/mol. The highest BCUT2D eigenvalue weighted by atomic mass is 79.9. The zero-order chi connectivity index (χ0) is 13.0. The largest absolute Gasteiger partial charge is 0.457 e. The molecule has 0 spiro atoms. The number of likely N-dealkylation sites (N-methyl/N-ethyl adjacent to an activating group) is 1. The first-order valence-corrected chi connectivity index (χ1v) is 6.87. The highest BCUT2D eigenvalue weighted by Crippen LogP contribution is 2.26. The molecule has 2 aromatic rings. The minimum atomic E-state index is 0.207. The fraction of sp³-hybridized carbons (Fsp3) is 0.357. The summed E-state index contributed by atoms with van der Waals surface area (Å²) in [7, 11) is 1.95. The Kier molecular flexibility index (Phi) is 4.55. The van der Waals surface area contributed by atoms with E-state index in [9.17, 15) is 0 Å². The molecule has 2 aromatic heterocycles. The van der Waals surface area contributed by atoms with Gasteiger partial charge in [0.1, 0.15) is 0 Å². The molecule has 4 heteroatoms. The third-order valence-electron chi connectivity index (χ3n) is 3.08. The van der Waals surface area contributed by atoms with Crippen LogP contribution in [0.2, 0.25) is 0 Å². The molecule has 0 amide bonds. The van der Waals surface area contributed by atoms with Crippen LogP contribution in [-0.4, -0.2) is 12.0 Å². The zero-order valence-electron chi connectivity index (χ0n) is 10.6. The monoisotopic (exact) mass is 308 g/mol. The van der Waals surface area contributed by atoms with Gasteiger partial charge < -0.3 is 9.73 Å². The van der Waals surface area contributed by atoms with Crippen LogP contribution in [0.3, 0.4) is 0 Å². The molecule has 1 atom stereocenters. The summed E-state index contributed by atoms with van der Waals surface area (Å²) in [6, 6.07) is 6.42. The van der Waals surface area contributed by atoms with E-state index in [0.717, 1.165) is 28.8 Å². The number of pyridine rings is 1. The fourth-order valence-electron chi connectivity index (χ4n) is 1.92. The van der Waals surface area contributed by atoms with Gasteiger partial charge in [-0.25, -0.2) is 0 Å². The number of nitrogens with one attached hydrogen (secondary N) is 1. The van der Waals surface area contributed by atoms with E-state index in [0.29, 0.717) is 0 Å². The Morgan fingerprint density at radius 1 is 1.39 bits per heavy atom. The molecule has 0 aromatic carbocycles. The van der Waals surface area contributed by atoms with Gasteiger partial charge in [-0.3, -0.25) is 4.98 Å². The van der Waals surface area contributed by atoms with Crippen LogP contribution in [0.5, 0.6) is 0 Å². The molecule has 0 saturated carbocycles. The molecule has 1 N–H and O–H groups in total. The van der Waals surface area contributed by atoms with Gasteiger partial charge in [-0.2, -0.15) is 0 Å². The second kappa shape index (κ2) is 6.16. The lowest BCUT2D eigenvalue weighted by atomic mass is 10.0. The molecule has 0 radical (unpaired) electrons. The maximum absolute atomic E-state index is 5.28. The minimum absolute atomic E-state index is 0.207. The number of aromatic nitrogens is 1. The number of rotatable bonds is 5. The highest BCUT2D eigenvalue weighted by Gasteiger charge is 2.15. The van der Waals surface area contributed by atoms with E-state index < -0.39 is 0 Å². The molecule has 1 unspecified atom stereocenters. The Balaban J connectivity index is 2.13. The van der Waals surface area contributed by atoms with Gasteiger partial charge in [-0.15, -0.1) is 0 Å². The molecule has 0 fully saturated rings. The van der Waals surface area contributed by atoms with E-state index in [1.807, 2.05) is 19.3 Å². The third kappa shape index (κ3) is 3.00. The van der Waals surface area contributed by atoms with Crippen molar-refractivity contribution in [3.8, 4) is 0 Å². The summed E-state index contributed by atoms with van der Waals surface area (Å²) in [5, 5.41) is 3.29. The second-order valence-electron chi connectivity index (χ2n) is 4.21. The van der Waals surface area contributed by atoms with Crippen LogP contribution >= 0.6 is 15.9 Å². The van der Waals surface area contributed by atoms with Crippen molar-refractivity contribution in [2.24, 2.45) is 0 Å². The van der Waals surface area contributed by atoms with Crippen molar-refractivity contribution in [2.75, 3.05) is 7.05 Å². The first kappa shape index (κ1) is 13.3. The van der Waals surface area contributed by atoms with Crippen LogP contribution in [0, 0.1) is 0 Å². The molecule has 0 saturated heterocycles. The lowest BCUT2D eigenvalue weighted by Gasteiger charge is -2.14. The van der Waals surface area contributed by atoms with Gasteiger partial charge in [0, 0.05) is 29.9 Å². The lowest BCUT2D eigenvalue weighted by molar-refractivity contribution is 0.516. The molecule has 18 heavy (non-hydrogen) atoms. The number of halogens is 1. The molecule has 2 rings (SSSR count). The Morgan fingerprint density at radius 2 is 2.22 bits per heavy atom. The van der Waals surface area contributed by atoms with Crippen molar-refractivity contribution >= 4 is 15.9 Å². The van der Waals surface area contributed by atoms with Crippen LogP contribution in [0.25, 0.3) is 0 Å². The number of hydrogen-bond acceptors (Lipinski definition) is 3. The predicted octanol–water partition coefficient (Wildman–Crippen LogP) is 3.50. The van der Waals surface area contributed by atoms with Crippen LogP contribution in [0.15, 0.2) is 39.7 Å². The number of nitrogens with zero attached hydrogens (tertiary/aromatic N) is 1. The van der Waals surface area contributed by atoms with Crippen LogP contribution < -0.4 is 5.32 Å². The maximum atomic E-state index is 5.28. The van der Waals surface area contributed by atoms with Crippen molar-refractivity contribution in [2.45, 2.75) is 25.8 Å². The first-order valence-electron chi connectivity index (χ1n) is 6.08. The number of furan rings is 1. The van der Waals surface area contributed by atoms with E-state index in [1.54, 1.807) is 6.26 Å². The van der Waals surface area contributed by atoms with Crippen molar-refractivity contribution in [1.29, 1.82) is 0 Å². The Morgan fingerprint density at radius 3 is 2.72 bits per heavy atom. The Labute approximate surface area is 116 Å². The van der Waals surface area contributed by atoms with Gasteiger partial charge in [0.05, 0.1) is 6.26 Å². The summed E-state index contributed by atoms with van der Waals surface area (Å²) in [5.41, 5.74) is 3.47. The van der Waals surface area contributed by atoms with E-state index in [-0.39, 0.29) is 6.04 Å². The molecule has 3 nitrogen and oxygen atoms in total. The molecular weight excluding hydrogens is 292 g/mol. The van der Waals surface area contributed by atoms with Crippen molar-refractivity contribution in [3.05, 3.63) is 52.1 Å². The van der Waals surface area contributed by atoms with Crippen molar-refractivity contribution in [3.63, 3.8) is 0 Å². The zero-order valence-corrected chi connectivity index (χ0v) is 12.2. The predicted molar refractivity (Wildman–Crippen MR) is 75.5 cm³/mol. The average Bonchev–Trinajstić information content (AvgIpc) is 2.83. The smallest absolute Gasteiger partial charge is 0.173 e. The lowest BCUT2D eigenvalue weighted by Crippen LogP contribution is -2.19. The summed E-state index contributed by atoms with van der Waals surface area (Å²) in [4.78, 5) is 4.49. The summed E-state index contributed by atoms with van der Waals surface area (Å²) < 4.78 is 6.06. The molecular formula is C14H17BrN2O. The fourth-order valence-corrected chi connectivity index (χ4v) is 2.43. The van der Waals surface area contributed by atoms with Gasteiger partial charge in [0.2, 0.25) is 0 Å². The third-order valence-corrected chi connectivity index (χ3v) is 3.72. The summed E-state index contributed by atoms with van der Waals surface area (Å²) in [6.07, 6.45) is 5.51. The van der Waals surface area contributed by atoms with Crippen molar-refractivity contribution < 1.29 is 4.42 Å². The topological polar surface area (TPSA) is 38.1 Å².